The van der Waals surface area contributed by atoms with Gasteiger partial charge in [-0.25, -0.2) is 5.43 Å². The summed E-state index contributed by atoms with van der Waals surface area (Å²) in [5, 5.41) is 6.23. The lowest BCUT2D eigenvalue weighted by atomic mass is 10.0. The van der Waals surface area contributed by atoms with Gasteiger partial charge in [-0.3, -0.25) is 4.79 Å². The van der Waals surface area contributed by atoms with Gasteiger partial charge in [-0.2, -0.15) is 36.4 Å². The molecule has 0 aliphatic rings. The third-order valence-corrected chi connectivity index (χ3v) is 3.46. The average Bonchev–Trinajstić information content (AvgIpc) is 2.63. The number of halogens is 6. The van der Waals surface area contributed by atoms with E-state index in [1.54, 1.807) is 18.2 Å². The zero-order valence-electron chi connectivity index (χ0n) is 13.8. The van der Waals surface area contributed by atoms with Crippen molar-refractivity contribution in [2.24, 2.45) is 10.3 Å². The van der Waals surface area contributed by atoms with Gasteiger partial charge in [-0.05, 0) is 23.8 Å². The van der Waals surface area contributed by atoms with Gasteiger partial charge in [0.05, 0.1) is 16.8 Å². The molecule has 0 bridgehead atoms. The van der Waals surface area contributed by atoms with E-state index in [9.17, 15) is 36.0 Å². The number of hydrazone groups is 1. The number of benzene rings is 2. The Kier molecular flexibility index (Phi) is 6.16. The Hall–Kier alpha value is -3.24. The molecular formula is C17H11F6N3O2. The molecule has 0 aromatic heterocycles. The summed E-state index contributed by atoms with van der Waals surface area (Å²) < 4.78 is 77.2. The summed E-state index contributed by atoms with van der Waals surface area (Å²) in [6.45, 7) is -0.472. The number of amides is 1. The van der Waals surface area contributed by atoms with Crippen LogP contribution < -0.4 is 5.43 Å². The predicted octanol–water partition coefficient (Wildman–Crippen LogP) is 4.62. The van der Waals surface area contributed by atoms with E-state index in [0.717, 1.165) is 0 Å². The first-order valence-corrected chi connectivity index (χ1v) is 7.53. The van der Waals surface area contributed by atoms with Crippen LogP contribution in [0.4, 0.5) is 26.3 Å². The summed E-state index contributed by atoms with van der Waals surface area (Å²) in [5.74, 6) is -1.31. The van der Waals surface area contributed by atoms with Gasteiger partial charge in [0.15, 0.2) is 0 Å². The monoisotopic (exact) mass is 403 g/mol. The number of carbonyl (C=O) groups excluding carboxylic acids is 1. The molecule has 2 aromatic carbocycles. The summed E-state index contributed by atoms with van der Waals surface area (Å²) >= 11 is 0. The molecule has 0 atom stereocenters. The molecule has 0 saturated carbocycles. The zero-order valence-corrected chi connectivity index (χ0v) is 13.8. The molecule has 0 aliphatic heterocycles. The number of alkyl halides is 6. The predicted molar refractivity (Wildman–Crippen MR) is 87.6 cm³/mol. The first kappa shape index (κ1) is 21.1. The maximum atomic E-state index is 12.9. The summed E-state index contributed by atoms with van der Waals surface area (Å²) in [7, 11) is 0. The largest absolute Gasteiger partial charge is 0.416 e. The second-order valence-electron chi connectivity index (χ2n) is 5.45. The Labute approximate surface area is 154 Å². The van der Waals surface area contributed by atoms with Crippen molar-refractivity contribution in [3.05, 3.63) is 75.7 Å². The van der Waals surface area contributed by atoms with E-state index in [2.05, 4.69) is 10.3 Å². The van der Waals surface area contributed by atoms with Crippen molar-refractivity contribution >= 4 is 11.6 Å². The molecule has 2 rings (SSSR count). The van der Waals surface area contributed by atoms with E-state index >= 15 is 0 Å². The van der Waals surface area contributed by atoms with Gasteiger partial charge in [0.2, 0.25) is 0 Å². The van der Waals surface area contributed by atoms with Crippen LogP contribution in [0.15, 0.2) is 58.8 Å². The van der Waals surface area contributed by atoms with Gasteiger partial charge in [-0.1, -0.05) is 35.5 Å². The van der Waals surface area contributed by atoms with Crippen LogP contribution in [0, 0.1) is 4.91 Å². The van der Waals surface area contributed by atoms with Gasteiger partial charge in [-0.15, -0.1) is 0 Å². The van der Waals surface area contributed by atoms with Crippen molar-refractivity contribution in [1.82, 2.24) is 5.43 Å². The number of carbonyl (C=O) groups is 1. The lowest BCUT2D eigenvalue weighted by Gasteiger charge is -2.13. The fourth-order valence-electron chi connectivity index (χ4n) is 2.15. The molecule has 0 radical (unpaired) electrons. The maximum absolute atomic E-state index is 12.9. The Bertz CT molecular complexity index is 860. The first-order chi connectivity index (χ1) is 13.0. The highest BCUT2D eigenvalue weighted by molar-refractivity contribution is 6.03. The number of hydrogen-bond acceptors (Lipinski definition) is 4. The van der Waals surface area contributed by atoms with E-state index in [-0.39, 0.29) is 23.9 Å². The fourth-order valence-corrected chi connectivity index (χ4v) is 2.15. The number of hydrogen-bond donors (Lipinski definition) is 1. The van der Waals surface area contributed by atoms with E-state index < -0.39 is 41.5 Å². The van der Waals surface area contributed by atoms with E-state index in [4.69, 9.17) is 0 Å². The molecule has 1 amide bonds. The van der Waals surface area contributed by atoms with Crippen molar-refractivity contribution in [2.75, 3.05) is 6.54 Å². The SMILES string of the molecule is O=NCC(=NNC(=O)c1cc(C(F)(F)F)cc(C(F)(F)F)c1)c1ccccc1. The lowest BCUT2D eigenvalue weighted by Crippen LogP contribution is -2.23. The van der Waals surface area contributed by atoms with Crippen molar-refractivity contribution in [2.45, 2.75) is 12.4 Å². The molecule has 11 heteroatoms. The Morgan fingerprint density at radius 2 is 1.39 bits per heavy atom. The summed E-state index contributed by atoms with van der Waals surface area (Å²) in [4.78, 5) is 22.6. The second-order valence-corrected chi connectivity index (χ2v) is 5.45. The number of nitroso groups, excluding NO2 is 1. The van der Waals surface area contributed by atoms with E-state index in [1.165, 1.54) is 12.1 Å². The Balaban J connectivity index is 2.38. The highest BCUT2D eigenvalue weighted by Gasteiger charge is 2.37. The van der Waals surface area contributed by atoms with Gasteiger partial charge in [0.25, 0.3) is 5.91 Å². The summed E-state index contributed by atoms with van der Waals surface area (Å²) in [6.07, 6.45) is -10.2. The normalized spacial score (nSPS) is 12.6. The Morgan fingerprint density at radius 3 is 1.86 bits per heavy atom. The summed E-state index contributed by atoms with van der Waals surface area (Å²) in [5.41, 5.74) is -1.93. The van der Waals surface area contributed by atoms with Crippen LogP contribution in [-0.4, -0.2) is 18.2 Å². The highest BCUT2D eigenvalue weighted by atomic mass is 19.4. The van der Waals surface area contributed by atoms with Crippen LogP contribution in [0.25, 0.3) is 0 Å². The van der Waals surface area contributed by atoms with Gasteiger partial charge in [0, 0.05) is 5.56 Å². The minimum Gasteiger partial charge on any atom is -0.267 e. The molecule has 0 spiro atoms. The first-order valence-electron chi connectivity index (χ1n) is 7.53. The van der Waals surface area contributed by atoms with Crippen molar-refractivity contribution in [3.8, 4) is 0 Å². The van der Waals surface area contributed by atoms with Gasteiger partial charge >= 0.3 is 12.4 Å². The van der Waals surface area contributed by atoms with E-state index in [1.807, 2.05) is 5.43 Å². The van der Waals surface area contributed by atoms with Crippen LogP contribution in [0.5, 0.6) is 0 Å². The van der Waals surface area contributed by atoms with Crippen LogP contribution in [0.2, 0.25) is 0 Å². The van der Waals surface area contributed by atoms with Crippen LogP contribution in [-0.2, 0) is 12.4 Å². The molecule has 0 fully saturated rings. The van der Waals surface area contributed by atoms with Gasteiger partial charge in [0.1, 0.15) is 6.54 Å². The number of nitrogens with one attached hydrogen (secondary N) is 1. The van der Waals surface area contributed by atoms with Crippen LogP contribution in [0.3, 0.4) is 0 Å². The number of nitrogens with zero attached hydrogens (tertiary/aromatic N) is 2. The molecule has 2 aromatic rings. The lowest BCUT2D eigenvalue weighted by molar-refractivity contribution is -0.143. The molecule has 1 N–H and O–H groups in total. The van der Waals surface area contributed by atoms with Crippen molar-refractivity contribution < 1.29 is 31.1 Å². The molecule has 5 nitrogen and oxygen atoms in total. The minimum absolute atomic E-state index is 0.0213. The summed E-state index contributed by atoms with van der Waals surface area (Å²) in [6, 6.07) is 8.38. The Morgan fingerprint density at radius 1 is 0.857 bits per heavy atom. The third kappa shape index (κ3) is 5.38. The standard InChI is InChI=1S/C17H11F6N3O2/c18-16(19,20)12-6-11(7-13(8-12)17(21,22)23)15(27)26-25-14(9-24-28)10-4-2-1-3-5-10/h1-8H,9H2,(H,26,27). The maximum Gasteiger partial charge on any atom is 0.416 e. The fraction of sp³-hybridized carbons (Fsp3) is 0.176. The molecular weight excluding hydrogens is 392 g/mol. The molecule has 0 aliphatic carbocycles. The topological polar surface area (TPSA) is 70.9 Å². The highest BCUT2D eigenvalue weighted by Crippen LogP contribution is 2.36. The quantitative estimate of drug-likeness (QED) is 0.342. The van der Waals surface area contributed by atoms with Gasteiger partial charge < -0.3 is 0 Å². The van der Waals surface area contributed by atoms with Crippen molar-refractivity contribution in [1.29, 1.82) is 0 Å². The third-order valence-electron chi connectivity index (χ3n) is 3.46. The molecule has 0 saturated heterocycles. The number of rotatable bonds is 5. The molecule has 148 valence electrons. The smallest absolute Gasteiger partial charge is 0.267 e. The zero-order chi connectivity index (χ0) is 20.9. The van der Waals surface area contributed by atoms with Crippen LogP contribution in [0.1, 0.15) is 27.0 Å². The molecule has 0 unspecified atom stereocenters. The van der Waals surface area contributed by atoms with Crippen LogP contribution >= 0.6 is 0 Å². The second kappa shape index (κ2) is 8.19. The average molecular weight is 403 g/mol. The minimum atomic E-state index is -5.09. The molecule has 0 heterocycles. The van der Waals surface area contributed by atoms with Crippen molar-refractivity contribution in [3.63, 3.8) is 0 Å². The molecule has 28 heavy (non-hydrogen) atoms. The van der Waals surface area contributed by atoms with E-state index in [0.29, 0.717) is 5.56 Å².